The van der Waals surface area contributed by atoms with Gasteiger partial charge in [-0.3, -0.25) is 0 Å². The Hall–Kier alpha value is -1.35. The average Bonchev–Trinajstić information content (AvgIpc) is 2.88. The summed E-state index contributed by atoms with van der Waals surface area (Å²) in [7, 11) is 0. The summed E-state index contributed by atoms with van der Waals surface area (Å²) in [6.07, 6.45) is 5.99. The Labute approximate surface area is 100.0 Å². The molecule has 2 N–H and O–H groups in total. The van der Waals surface area contributed by atoms with Crippen LogP contribution in [0.3, 0.4) is 0 Å². The Morgan fingerprint density at radius 1 is 1.29 bits per heavy atom. The molecule has 2 aliphatic rings. The number of nitrogens with zero attached hydrogens (tertiary/aromatic N) is 1. The minimum atomic E-state index is -0.0671. The van der Waals surface area contributed by atoms with Gasteiger partial charge < -0.3 is 10.3 Å². The van der Waals surface area contributed by atoms with Gasteiger partial charge in [-0.2, -0.15) is 0 Å². The maximum atomic E-state index is 6.25. The maximum Gasteiger partial charge on any atom is 0.147 e. The zero-order valence-electron chi connectivity index (χ0n) is 9.78. The molecular weight excluding hydrogens is 212 g/mol. The summed E-state index contributed by atoms with van der Waals surface area (Å²) in [6.45, 7) is 0. The van der Waals surface area contributed by atoms with E-state index in [2.05, 4.69) is 17.3 Å². The second kappa shape index (κ2) is 3.10. The van der Waals surface area contributed by atoms with Crippen molar-refractivity contribution in [1.29, 1.82) is 0 Å². The predicted octanol–water partition coefficient (Wildman–Crippen LogP) is 3.04. The molecule has 0 aliphatic heterocycles. The lowest BCUT2D eigenvalue weighted by Gasteiger charge is -2.22. The minimum absolute atomic E-state index is 0.0671. The molecule has 1 aromatic heterocycles. The second-order valence-electron chi connectivity index (χ2n) is 5.56. The lowest BCUT2D eigenvalue weighted by atomic mass is 9.82. The van der Waals surface area contributed by atoms with Crippen molar-refractivity contribution in [3.8, 4) is 0 Å². The van der Waals surface area contributed by atoms with Gasteiger partial charge in [-0.25, -0.2) is 0 Å². The van der Waals surface area contributed by atoms with E-state index in [-0.39, 0.29) is 5.54 Å². The molecule has 0 radical (unpaired) electrons. The molecule has 0 atom stereocenters. The lowest BCUT2D eigenvalue weighted by Crippen LogP contribution is -2.18. The number of rotatable bonds is 2. The quantitative estimate of drug-likeness (QED) is 0.859. The van der Waals surface area contributed by atoms with Gasteiger partial charge in [0.15, 0.2) is 0 Å². The zero-order chi connectivity index (χ0) is 11.5. The smallest absolute Gasteiger partial charge is 0.147 e. The first-order chi connectivity index (χ1) is 8.26. The highest BCUT2D eigenvalue weighted by atomic mass is 16.5. The summed E-state index contributed by atoms with van der Waals surface area (Å²) in [6, 6.07) is 6.35. The first kappa shape index (κ1) is 9.66. The van der Waals surface area contributed by atoms with E-state index in [9.17, 15) is 0 Å². The van der Waals surface area contributed by atoms with Crippen LogP contribution in [-0.4, -0.2) is 5.16 Å². The molecule has 2 fully saturated rings. The summed E-state index contributed by atoms with van der Waals surface area (Å²) >= 11 is 0. The third kappa shape index (κ3) is 1.35. The van der Waals surface area contributed by atoms with Crippen LogP contribution in [0.2, 0.25) is 0 Å². The monoisotopic (exact) mass is 228 g/mol. The summed E-state index contributed by atoms with van der Waals surface area (Å²) in [5, 5.41) is 5.33. The highest BCUT2D eigenvalue weighted by Gasteiger charge is 2.40. The molecule has 0 spiro atoms. The van der Waals surface area contributed by atoms with Crippen LogP contribution >= 0.6 is 0 Å². The zero-order valence-corrected chi connectivity index (χ0v) is 9.78. The molecule has 2 saturated carbocycles. The average molecular weight is 228 g/mol. The molecule has 17 heavy (non-hydrogen) atoms. The number of aromatic nitrogens is 1. The van der Waals surface area contributed by atoms with Crippen molar-refractivity contribution in [3.63, 3.8) is 0 Å². The molecule has 2 aromatic rings. The van der Waals surface area contributed by atoms with Crippen LogP contribution in [0.1, 0.15) is 49.3 Å². The van der Waals surface area contributed by atoms with Crippen molar-refractivity contribution in [2.75, 3.05) is 0 Å². The third-order valence-electron chi connectivity index (χ3n) is 4.34. The SMILES string of the molecule is NC1(c2ccc3noc(C4CCC4)c3c2)CC1. The Morgan fingerprint density at radius 2 is 2.12 bits per heavy atom. The first-order valence-electron chi connectivity index (χ1n) is 6.45. The van der Waals surface area contributed by atoms with Crippen molar-refractivity contribution in [1.82, 2.24) is 5.16 Å². The van der Waals surface area contributed by atoms with Crippen molar-refractivity contribution < 1.29 is 4.52 Å². The van der Waals surface area contributed by atoms with Crippen LogP contribution in [0.4, 0.5) is 0 Å². The number of nitrogens with two attached hydrogens (primary N) is 1. The van der Waals surface area contributed by atoms with Gasteiger partial charge in [0.05, 0.1) is 0 Å². The predicted molar refractivity (Wildman–Crippen MR) is 65.7 cm³/mol. The highest BCUT2D eigenvalue weighted by Crippen LogP contribution is 2.45. The Morgan fingerprint density at radius 3 is 2.76 bits per heavy atom. The molecule has 3 nitrogen and oxygen atoms in total. The van der Waals surface area contributed by atoms with Crippen molar-refractivity contribution in [3.05, 3.63) is 29.5 Å². The van der Waals surface area contributed by atoms with Gasteiger partial charge in [0.25, 0.3) is 0 Å². The molecule has 0 unspecified atom stereocenters. The van der Waals surface area contributed by atoms with E-state index in [1.165, 1.54) is 30.2 Å². The number of fused-ring (bicyclic) bond motifs is 1. The van der Waals surface area contributed by atoms with Crippen LogP contribution in [-0.2, 0) is 5.54 Å². The van der Waals surface area contributed by atoms with Crippen molar-refractivity contribution >= 4 is 10.9 Å². The lowest BCUT2D eigenvalue weighted by molar-refractivity contribution is 0.305. The van der Waals surface area contributed by atoms with E-state index in [1.54, 1.807) is 0 Å². The van der Waals surface area contributed by atoms with E-state index in [4.69, 9.17) is 10.3 Å². The highest BCUT2D eigenvalue weighted by molar-refractivity contribution is 5.82. The molecule has 1 aromatic carbocycles. The van der Waals surface area contributed by atoms with Crippen LogP contribution in [0, 0.1) is 0 Å². The van der Waals surface area contributed by atoms with Gasteiger partial charge in [-0.05, 0) is 43.4 Å². The van der Waals surface area contributed by atoms with E-state index in [0.717, 1.165) is 24.1 Å². The standard InChI is InChI=1S/C14H16N2O/c15-14(6-7-14)10-4-5-12-11(8-10)13(17-16-12)9-2-1-3-9/h4-5,8-9H,1-3,6-7,15H2. The van der Waals surface area contributed by atoms with Gasteiger partial charge in [-0.15, -0.1) is 0 Å². The largest absolute Gasteiger partial charge is 0.360 e. The number of benzene rings is 1. The number of hydrogen-bond donors (Lipinski definition) is 1. The molecule has 0 bridgehead atoms. The summed E-state index contributed by atoms with van der Waals surface area (Å²) in [5.74, 6) is 1.67. The normalized spacial score (nSPS) is 22.6. The van der Waals surface area contributed by atoms with Crippen molar-refractivity contribution in [2.24, 2.45) is 5.73 Å². The Balaban J connectivity index is 1.86. The fourth-order valence-corrected chi connectivity index (χ4v) is 2.66. The van der Waals surface area contributed by atoms with Crippen LogP contribution < -0.4 is 5.73 Å². The molecular formula is C14H16N2O. The van der Waals surface area contributed by atoms with Crippen LogP contribution in [0.25, 0.3) is 10.9 Å². The molecule has 88 valence electrons. The van der Waals surface area contributed by atoms with Gasteiger partial charge in [0.2, 0.25) is 0 Å². The molecule has 4 rings (SSSR count). The van der Waals surface area contributed by atoms with Crippen LogP contribution in [0.15, 0.2) is 22.7 Å². The minimum Gasteiger partial charge on any atom is -0.360 e. The van der Waals surface area contributed by atoms with E-state index >= 15 is 0 Å². The van der Waals surface area contributed by atoms with E-state index < -0.39 is 0 Å². The molecule has 0 saturated heterocycles. The Bertz CT molecular complexity index is 579. The molecule has 3 heteroatoms. The topological polar surface area (TPSA) is 52.0 Å². The summed E-state index contributed by atoms with van der Waals surface area (Å²) < 4.78 is 5.52. The Kier molecular flexibility index (Phi) is 1.76. The van der Waals surface area contributed by atoms with Gasteiger partial charge in [0.1, 0.15) is 11.3 Å². The van der Waals surface area contributed by atoms with E-state index in [1.807, 2.05) is 6.07 Å². The van der Waals surface area contributed by atoms with Gasteiger partial charge in [-0.1, -0.05) is 17.6 Å². The number of hydrogen-bond acceptors (Lipinski definition) is 3. The van der Waals surface area contributed by atoms with Crippen molar-refractivity contribution in [2.45, 2.75) is 43.6 Å². The van der Waals surface area contributed by atoms with Gasteiger partial charge >= 0.3 is 0 Å². The summed E-state index contributed by atoms with van der Waals surface area (Å²) in [4.78, 5) is 0. The second-order valence-corrected chi connectivity index (χ2v) is 5.56. The maximum absolute atomic E-state index is 6.25. The molecule has 1 heterocycles. The fourth-order valence-electron chi connectivity index (χ4n) is 2.66. The summed E-state index contributed by atoms with van der Waals surface area (Å²) in [5.41, 5.74) is 8.40. The fraction of sp³-hybridized carbons (Fsp3) is 0.500. The van der Waals surface area contributed by atoms with Gasteiger partial charge in [0, 0.05) is 16.8 Å². The molecule has 2 aliphatic carbocycles. The van der Waals surface area contributed by atoms with E-state index in [0.29, 0.717) is 5.92 Å². The third-order valence-corrected chi connectivity index (χ3v) is 4.34. The first-order valence-corrected chi connectivity index (χ1v) is 6.45. The molecule has 0 amide bonds. The van der Waals surface area contributed by atoms with Crippen LogP contribution in [0.5, 0.6) is 0 Å².